The molecule has 2 nitrogen and oxygen atoms in total. The van der Waals surface area contributed by atoms with Crippen LogP contribution < -0.4 is 5.73 Å². The highest BCUT2D eigenvalue weighted by Crippen LogP contribution is 2.33. The van der Waals surface area contributed by atoms with Crippen molar-refractivity contribution in [2.24, 2.45) is 0 Å². The van der Waals surface area contributed by atoms with Gasteiger partial charge in [-0.1, -0.05) is 0 Å². The van der Waals surface area contributed by atoms with E-state index < -0.39 is 0 Å². The fraction of sp³-hybridized carbons (Fsp3) is 0. The molecule has 0 bridgehead atoms. The van der Waals surface area contributed by atoms with Gasteiger partial charge in [-0.25, -0.2) is 0 Å². The van der Waals surface area contributed by atoms with Crippen molar-refractivity contribution in [3.05, 3.63) is 27.5 Å². The molecular formula is C9H5BrN2S. The Morgan fingerprint density at radius 1 is 1.46 bits per heavy atom. The Bertz CT molecular complexity index is 510. The lowest BCUT2D eigenvalue weighted by atomic mass is 10.1. The van der Waals surface area contributed by atoms with Gasteiger partial charge in [-0.2, -0.15) is 5.26 Å². The Hall–Kier alpha value is -1.05. The van der Waals surface area contributed by atoms with Gasteiger partial charge < -0.3 is 5.73 Å². The second kappa shape index (κ2) is 3.02. The van der Waals surface area contributed by atoms with Gasteiger partial charge in [-0.3, -0.25) is 0 Å². The lowest BCUT2D eigenvalue weighted by Crippen LogP contribution is -1.88. The van der Waals surface area contributed by atoms with Crippen LogP contribution in [0.1, 0.15) is 5.56 Å². The second-order valence-corrected chi connectivity index (χ2v) is 4.40. The van der Waals surface area contributed by atoms with Gasteiger partial charge in [0.2, 0.25) is 0 Å². The van der Waals surface area contributed by atoms with Crippen molar-refractivity contribution in [2.45, 2.75) is 0 Å². The van der Waals surface area contributed by atoms with Gasteiger partial charge in [0.05, 0.1) is 11.3 Å². The zero-order chi connectivity index (χ0) is 9.42. The molecule has 2 N–H and O–H groups in total. The summed E-state index contributed by atoms with van der Waals surface area (Å²) in [6, 6.07) is 5.71. The van der Waals surface area contributed by atoms with E-state index in [1.54, 1.807) is 11.3 Å². The van der Waals surface area contributed by atoms with Crippen LogP contribution in [0, 0.1) is 11.3 Å². The van der Waals surface area contributed by atoms with Crippen LogP contribution >= 0.6 is 27.3 Å². The molecule has 0 aliphatic rings. The third-order valence-corrected chi connectivity index (χ3v) is 3.72. The largest absolute Gasteiger partial charge is 0.398 e. The molecule has 2 rings (SSSR count). The molecule has 1 aromatic heterocycles. The van der Waals surface area contributed by atoms with Gasteiger partial charge in [-0.05, 0) is 28.1 Å². The molecule has 1 heterocycles. The normalized spacial score (nSPS) is 10.2. The zero-order valence-corrected chi connectivity index (χ0v) is 8.95. The summed E-state index contributed by atoms with van der Waals surface area (Å²) in [5, 5.41) is 11.8. The molecule has 0 saturated carbocycles. The highest BCUT2D eigenvalue weighted by molar-refractivity contribution is 9.10. The number of halogens is 1. The Morgan fingerprint density at radius 3 is 2.92 bits per heavy atom. The van der Waals surface area contributed by atoms with Crippen molar-refractivity contribution < 1.29 is 0 Å². The molecule has 64 valence electrons. The second-order valence-electron chi connectivity index (χ2n) is 2.63. The molecule has 0 unspecified atom stereocenters. The van der Waals surface area contributed by atoms with E-state index >= 15 is 0 Å². The first-order valence-electron chi connectivity index (χ1n) is 3.58. The summed E-state index contributed by atoms with van der Waals surface area (Å²) in [5.41, 5.74) is 6.75. The lowest BCUT2D eigenvalue weighted by Gasteiger charge is -1.97. The summed E-state index contributed by atoms with van der Waals surface area (Å²) in [6.45, 7) is 0. The van der Waals surface area contributed by atoms with Crippen LogP contribution in [0.3, 0.4) is 0 Å². The number of rotatable bonds is 0. The smallest absolute Gasteiger partial charge is 0.101 e. The van der Waals surface area contributed by atoms with Crippen LogP contribution in [0.2, 0.25) is 0 Å². The van der Waals surface area contributed by atoms with Crippen molar-refractivity contribution in [1.29, 1.82) is 5.26 Å². The van der Waals surface area contributed by atoms with Crippen molar-refractivity contribution in [3.8, 4) is 6.07 Å². The molecule has 0 aliphatic heterocycles. The molecule has 0 radical (unpaired) electrons. The highest BCUT2D eigenvalue weighted by Gasteiger charge is 2.05. The molecular weight excluding hydrogens is 248 g/mol. The van der Waals surface area contributed by atoms with Gasteiger partial charge >= 0.3 is 0 Å². The molecule has 0 atom stereocenters. The van der Waals surface area contributed by atoms with Crippen LogP contribution in [-0.4, -0.2) is 0 Å². The first-order chi connectivity index (χ1) is 6.22. The molecule has 2 aromatic rings. The minimum atomic E-state index is 0.534. The first kappa shape index (κ1) is 8.54. The maximum absolute atomic E-state index is 8.76. The highest BCUT2D eigenvalue weighted by atomic mass is 79.9. The summed E-state index contributed by atoms with van der Waals surface area (Å²) < 4.78 is 2.12. The quantitative estimate of drug-likeness (QED) is 0.733. The molecule has 0 amide bonds. The van der Waals surface area contributed by atoms with Crippen molar-refractivity contribution in [3.63, 3.8) is 0 Å². The number of thiophene rings is 1. The third kappa shape index (κ3) is 1.30. The Labute approximate surface area is 87.7 Å². The van der Waals surface area contributed by atoms with Gasteiger partial charge in [0.1, 0.15) is 6.07 Å². The van der Waals surface area contributed by atoms with E-state index in [1.807, 2.05) is 17.5 Å². The van der Waals surface area contributed by atoms with E-state index in [-0.39, 0.29) is 0 Å². The summed E-state index contributed by atoms with van der Waals surface area (Å²) in [5.74, 6) is 0. The van der Waals surface area contributed by atoms with E-state index in [0.29, 0.717) is 11.3 Å². The minimum Gasteiger partial charge on any atom is -0.398 e. The number of nitrogens with two attached hydrogens (primary N) is 1. The standard InChI is InChI=1S/C9H5BrN2S/c10-7-4-13-9-2-8(12)5(3-11)1-6(7)9/h1-2,4H,12H2. The molecule has 4 heteroatoms. The van der Waals surface area contributed by atoms with Crippen LogP contribution in [-0.2, 0) is 0 Å². The van der Waals surface area contributed by atoms with Crippen molar-refractivity contribution >= 4 is 43.0 Å². The summed E-state index contributed by atoms with van der Waals surface area (Å²) in [6.07, 6.45) is 0. The number of anilines is 1. The number of nitrogens with zero attached hydrogens (tertiary/aromatic N) is 1. The van der Waals surface area contributed by atoms with Crippen LogP contribution in [0.4, 0.5) is 5.69 Å². The third-order valence-electron chi connectivity index (χ3n) is 1.82. The van der Waals surface area contributed by atoms with E-state index in [1.165, 1.54) is 0 Å². The van der Waals surface area contributed by atoms with Gasteiger partial charge in [-0.15, -0.1) is 11.3 Å². The Balaban J connectivity index is 2.86. The van der Waals surface area contributed by atoms with Crippen LogP contribution in [0.15, 0.2) is 22.0 Å². The fourth-order valence-corrected chi connectivity index (χ4v) is 2.74. The average molecular weight is 253 g/mol. The van der Waals surface area contributed by atoms with E-state index in [2.05, 4.69) is 22.0 Å². The number of nitrogen functional groups attached to an aromatic ring is 1. The number of nitriles is 1. The first-order valence-corrected chi connectivity index (χ1v) is 5.26. The number of benzene rings is 1. The molecule has 0 spiro atoms. The molecule has 0 fully saturated rings. The van der Waals surface area contributed by atoms with Gasteiger partial charge in [0.15, 0.2) is 0 Å². The lowest BCUT2D eigenvalue weighted by molar-refractivity contribution is 1.50. The minimum absolute atomic E-state index is 0.534. The van der Waals surface area contributed by atoms with Gasteiger partial charge in [0.25, 0.3) is 0 Å². The fourth-order valence-electron chi connectivity index (χ4n) is 1.16. The number of hydrogen-bond acceptors (Lipinski definition) is 3. The summed E-state index contributed by atoms with van der Waals surface area (Å²) in [4.78, 5) is 0. The van der Waals surface area contributed by atoms with Crippen molar-refractivity contribution in [2.75, 3.05) is 5.73 Å². The predicted octanol–water partition coefficient (Wildman–Crippen LogP) is 3.12. The topological polar surface area (TPSA) is 49.8 Å². The maximum Gasteiger partial charge on any atom is 0.101 e. The predicted molar refractivity (Wildman–Crippen MR) is 58.7 cm³/mol. The Kier molecular flexibility index (Phi) is 1.98. The van der Waals surface area contributed by atoms with Crippen molar-refractivity contribution in [1.82, 2.24) is 0 Å². The Morgan fingerprint density at radius 2 is 2.23 bits per heavy atom. The number of fused-ring (bicyclic) bond motifs is 1. The number of hydrogen-bond donors (Lipinski definition) is 1. The zero-order valence-electron chi connectivity index (χ0n) is 6.54. The molecule has 1 aromatic carbocycles. The van der Waals surface area contributed by atoms with Gasteiger partial charge in [0, 0.05) is 19.9 Å². The SMILES string of the molecule is N#Cc1cc2c(Br)csc2cc1N. The molecule has 0 aliphatic carbocycles. The van der Waals surface area contributed by atoms with E-state index in [0.717, 1.165) is 14.6 Å². The molecule has 0 saturated heterocycles. The average Bonchev–Trinajstić information content (AvgIpc) is 2.46. The maximum atomic E-state index is 8.76. The summed E-state index contributed by atoms with van der Waals surface area (Å²) >= 11 is 5.03. The monoisotopic (exact) mass is 252 g/mol. The van der Waals surface area contributed by atoms with E-state index in [9.17, 15) is 0 Å². The van der Waals surface area contributed by atoms with Crippen LogP contribution in [0.5, 0.6) is 0 Å². The molecule has 13 heavy (non-hydrogen) atoms. The van der Waals surface area contributed by atoms with Crippen LogP contribution in [0.25, 0.3) is 10.1 Å². The summed E-state index contributed by atoms with van der Waals surface area (Å²) in [7, 11) is 0. The van der Waals surface area contributed by atoms with E-state index in [4.69, 9.17) is 11.0 Å².